The summed E-state index contributed by atoms with van der Waals surface area (Å²) in [6, 6.07) is 0. The van der Waals surface area contributed by atoms with Gasteiger partial charge in [-0.25, -0.2) is 4.98 Å². The summed E-state index contributed by atoms with van der Waals surface area (Å²) in [6.07, 6.45) is 2.15. The molecule has 0 aliphatic carbocycles. The van der Waals surface area contributed by atoms with E-state index in [0.29, 0.717) is 4.75 Å². The van der Waals surface area contributed by atoms with Gasteiger partial charge in [0.05, 0.1) is 10.7 Å². The molecule has 0 atom stereocenters. The summed E-state index contributed by atoms with van der Waals surface area (Å²) in [5.41, 5.74) is 1.33. The molecule has 0 amide bonds. The third-order valence-corrected chi connectivity index (χ3v) is 5.17. The second-order valence-electron chi connectivity index (χ2n) is 5.96. The van der Waals surface area contributed by atoms with E-state index in [1.807, 2.05) is 11.8 Å². The monoisotopic (exact) mass is 272 g/mol. The van der Waals surface area contributed by atoms with Gasteiger partial charge in [-0.3, -0.25) is 0 Å². The normalized spacial score (nSPS) is 13.1. The van der Waals surface area contributed by atoms with Crippen LogP contribution in [-0.2, 0) is 12.0 Å². The Labute approximate surface area is 114 Å². The Bertz CT molecular complexity index is 351. The number of nitrogens with zero attached hydrogens (tertiary/aromatic N) is 1. The molecule has 17 heavy (non-hydrogen) atoms. The van der Waals surface area contributed by atoms with Crippen molar-refractivity contribution in [3.05, 3.63) is 16.1 Å². The zero-order valence-electron chi connectivity index (χ0n) is 11.8. The zero-order valence-corrected chi connectivity index (χ0v) is 13.4. The minimum atomic E-state index is 0.168. The van der Waals surface area contributed by atoms with Crippen molar-refractivity contribution in [1.29, 1.82) is 0 Å². The second kappa shape index (κ2) is 5.72. The zero-order chi connectivity index (χ0) is 13.1. The molecular formula is C13H24N2S2. The summed E-state index contributed by atoms with van der Waals surface area (Å²) in [5, 5.41) is 6.87. The third-order valence-electron chi connectivity index (χ3n) is 2.60. The Balaban J connectivity index is 2.46. The lowest BCUT2D eigenvalue weighted by molar-refractivity contribution is 0.568. The number of rotatable bonds is 5. The van der Waals surface area contributed by atoms with Crippen LogP contribution in [0.2, 0.25) is 0 Å². The van der Waals surface area contributed by atoms with E-state index in [0.717, 1.165) is 18.8 Å². The largest absolute Gasteiger partial charge is 0.310 e. The molecule has 0 unspecified atom stereocenters. The quantitative estimate of drug-likeness (QED) is 0.885. The molecule has 1 aromatic rings. The Hall–Kier alpha value is -0.0600. The number of thiazole rings is 1. The summed E-state index contributed by atoms with van der Waals surface area (Å²) >= 11 is 3.66. The van der Waals surface area contributed by atoms with Gasteiger partial charge >= 0.3 is 0 Å². The van der Waals surface area contributed by atoms with Gasteiger partial charge in [-0.05, 0) is 20.1 Å². The highest BCUT2D eigenvalue weighted by Gasteiger charge is 2.18. The maximum Gasteiger partial charge on any atom is 0.0982 e. The highest BCUT2D eigenvalue weighted by Crippen LogP contribution is 2.25. The van der Waals surface area contributed by atoms with Crippen molar-refractivity contribution in [3.8, 4) is 0 Å². The number of thioether (sulfide) groups is 1. The van der Waals surface area contributed by atoms with Crippen molar-refractivity contribution in [2.45, 2.75) is 51.3 Å². The highest BCUT2D eigenvalue weighted by atomic mass is 32.2. The van der Waals surface area contributed by atoms with Gasteiger partial charge < -0.3 is 5.32 Å². The van der Waals surface area contributed by atoms with Crippen LogP contribution >= 0.6 is 23.1 Å². The minimum Gasteiger partial charge on any atom is -0.310 e. The molecule has 1 N–H and O–H groups in total. The van der Waals surface area contributed by atoms with Gasteiger partial charge in [0.15, 0.2) is 0 Å². The van der Waals surface area contributed by atoms with Crippen molar-refractivity contribution in [2.75, 3.05) is 12.8 Å². The van der Waals surface area contributed by atoms with E-state index >= 15 is 0 Å². The van der Waals surface area contributed by atoms with Crippen LogP contribution in [0.15, 0.2) is 5.38 Å². The van der Waals surface area contributed by atoms with E-state index in [-0.39, 0.29) is 5.41 Å². The molecule has 0 saturated heterocycles. The summed E-state index contributed by atoms with van der Waals surface area (Å²) in [5.74, 6) is 0. The fourth-order valence-electron chi connectivity index (χ4n) is 1.30. The first-order chi connectivity index (χ1) is 7.74. The predicted octanol–water partition coefficient (Wildman–Crippen LogP) is 3.67. The fraction of sp³-hybridized carbons (Fsp3) is 0.769. The number of hydrogen-bond acceptors (Lipinski definition) is 4. The molecule has 0 fully saturated rings. The molecule has 1 rings (SSSR count). The van der Waals surface area contributed by atoms with Crippen molar-refractivity contribution in [1.82, 2.24) is 10.3 Å². The fourth-order valence-corrected chi connectivity index (χ4v) is 2.45. The van der Waals surface area contributed by atoms with Gasteiger partial charge in [-0.1, -0.05) is 20.8 Å². The van der Waals surface area contributed by atoms with Crippen LogP contribution < -0.4 is 5.32 Å². The molecule has 4 heteroatoms. The van der Waals surface area contributed by atoms with Crippen molar-refractivity contribution < 1.29 is 0 Å². The third kappa shape index (κ3) is 4.98. The van der Waals surface area contributed by atoms with E-state index in [9.17, 15) is 0 Å². The maximum atomic E-state index is 4.68. The van der Waals surface area contributed by atoms with Crippen LogP contribution in [0.4, 0.5) is 0 Å². The van der Waals surface area contributed by atoms with Gasteiger partial charge in [-0.15, -0.1) is 11.3 Å². The van der Waals surface area contributed by atoms with Gasteiger partial charge in [0, 0.05) is 28.6 Å². The van der Waals surface area contributed by atoms with Crippen LogP contribution in [0.25, 0.3) is 0 Å². The molecule has 98 valence electrons. The molecule has 0 aromatic carbocycles. The first kappa shape index (κ1) is 15.0. The first-order valence-electron chi connectivity index (χ1n) is 5.95. The lowest BCUT2D eigenvalue weighted by Gasteiger charge is -2.22. The number of aromatic nitrogens is 1. The van der Waals surface area contributed by atoms with Gasteiger partial charge in [-0.2, -0.15) is 11.8 Å². The average Bonchev–Trinajstić information content (AvgIpc) is 2.66. The molecule has 0 aliphatic rings. The van der Waals surface area contributed by atoms with Gasteiger partial charge in [0.2, 0.25) is 0 Å². The van der Waals surface area contributed by atoms with E-state index in [4.69, 9.17) is 0 Å². The molecule has 0 aliphatic heterocycles. The van der Waals surface area contributed by atoms with E-state index in [1.54, 1.807) is 11.3 Å². The van der Waals surface area contributed by atoms with Crippen LogP contribution in [0.1, 0.15) is 45.3 Å². The Morgan fingerprint density at radius 2 is 1.94 bits per heavy atom. The average molecular weight is 272 g/mol. The summed E-state index contributed by atoms with van der Waals surface area (Å²) in [4.78, 5) is 4.68. The first-order valence-corrected chi connectivity index (χ1v) is 8.06. The van der Waals surface area contributed by atoms with Crippen LogP contribution in [-0.4, -0.2) is 22.5 Å². The standard InChI is InChI=1S/C13H24N2S2/c1-12(2,3)11-15-10(8-17-11)7-14-9-13(4,5)16-6/h8,14H,7,9H2,1-6H3. The van der Waals surface area contributed by atoms with E-state index < -0.39 is 0 Å². The SMILES string of the molecule is CSC(C)(C)CNCc1csc(C(C)(C)C)n1. The second-order valence-corrected chi connectivity index (χ2v) is 8.33. The topological polar surface area (TPSA) is 24.9 Å². The van der Waals surface area contributed by atoms with Crippen molar-refractivity contribution >= 4 is 23.1 Å². The summed E-state index contributed by atoms with van der Waals surface area (Å²) < 4.78 is 0.295. The molecule has 0 radical (unpaired) electrons. The highest BCUT2D eigenvalue weighted by molar-refractivity contribution is 7.99. The molecule has 0 spiro atoms. The minimum absolute atomic E-state index is 0.168. The summed E-state index contributed by atoms with van der Waals surface area (Å²) in [6.45, 7) is 13.0. The Morgan fingerprint density at radius 1 is 1.29 bits per heavy atom. The lowest BCUT2D eigenvalue weighted by Crippen LogP contribution is -2.31. The van der Waals surface area contributed by atoms with E-state index in [2.05, 4.69) is 56.6 Å². The van der Waals surface area contributed by atoms with Crippen LogP contribution in [0.5, 0.6) is 0 Å². The lowest BCUT2D eigenvalue weighted by atomic mass is 9.98. The van der Waals surface area contributed by atoms with Crippen LogP contribution in [0, 0.1) is 0 Å². The molecule has 0 saturated carbocycles. The Kier molecular flexibility index (Phi) is 5.05. The molecule has 1 aromatic heterocycles. The molecular weight excluding hydrogens is 248 g/mol. The molecule has 2 nitrogen and oxygen atoms in total. The molecule has 0 bridgehead atoms. The van der Waals surface area contributed by atoms with Crippen LogP contribution in [0.3, 0.4) is 0 Å². The Morgan fingerprint density at radius 3 is 2.41 bits per heavy atom. The van der Waals surface area contributed by atoms with Crippen molar-refractivity contribution in [3.63, 3.8) is 0 Å². The van der Waals surface area contributed by atoms with E-state index in [1.165, 1.54) is 5.01 Å². The predicted molar refractivity (Wildman–Crippen MR) is 80.1 cm³/mol. The smallest absolute Gasteiger partial charge is 0.0982 e. The summed E-state index contributed by atoms with van der Waals surface area (Å²) in [7, 11) is 0. The number of nitrogens with one attached hydrogen (secondary N) is 1. The molecule has 1 heterocycles. The number of hydrogen-bond donors (Lipinski definition) is 1. The van der Waals surface area contributed by atoms with Gasteiger partial charge in [0.25, 0.3) is 0 Å². The maximum absolute atomic E-state index is 4.68. The van der Waals surface area contributed by atoms with Gasteiger partial charge in [0.1, 0.15) is 0 Å². The van der Waals surface area contributed by atoms with Crippen molar-refractivity contribution in [2.24, 2.45) is 0 Å².